The summed E-state index contributed by atoms with van der Waals surface area (Å²) in [6.07, 6.45) is 2.17. The van der Waals surface area contributed by atoms with E-state index in [1.54, 1.807) is 6.07 Å². The maximum atomic E-state index is 13.0. The van der Waals surface area contributed by atoms with E-state index >= 15 is 0 Å². The van der Waals surface area contributed by atoms with Crippen LogP contribution in [0.5, 0.6) is 0 Å². The van der Waals surface area contributed by atoms with Crippen molar-refractivity contribution >= 4 is 22.6 Å². The number of halogens is 2. The zero-order valence-electron chi connectivity index (χ0n) is 9.85. The summed E-state index contributed by atoms with van der Waals surface area (Å²) < 4.78 is 14.0. The molecule has 0 aliphatic heterocycles. The first-order valence-electron chi connectivity index (χ1n) is 5.38. The molecule has 16 heavy (non-hydrogen) atoms. The van der Waals surface area contributed by atoms with E-state index in [2.05, 4.69) is 54.8 Å². The quantitative estimate of drug-likeness (QED) is 0.648. The number of hydrogen-bond acceptors (Lipinski definition) is 1. The smallest absolute Gasteiger partial charge is 0.124 e. The second-order valence-electron chi connectivity index (χ2n) is 3.95. The Bertz CT molecular complexity index is 384. The van der Waals surface area contributed by atoms with Gasteiger partial charge in [-0.3, -0.25) is 0 Å². The Morgan fingerprint density at radius 1 is 1.50 bits per heavy atom. The van der Waals surface area contributed by atoms with Crippen molar-refractivity contribution in [1.82, 2.24) is 5.32 Å². The molecule has 1 unspecified atom stereocenters. The predicted octanol–water partition coefficient (Wildman–Crippen LogP) is 4.05. The van der Waals surface area contributed by atoms with Gasteiger partial charge in [0.05, 0.1) is 6.04 Å². The molecule has 1 N–H and O–H groups in total. The van der Waals surface area contributed by atoms with E-state index in [1.807, 2.05) is 6.07 Å². The van der Waals surface area contributed by atoms with Crippen LogP contribution < -0.4 is 5.32 Å². The highest BCUT2D eigenvalue weighted by Crippen LogP contribution is 2.23. The Balaban J connectivity index is 3.05. The fourth-order valence-electron chi connectivity index (χ4n) is 1.57. The number of nitrogens with one attached hydrogen (secondary N) is 1. The molecule has 1 nitrogen and oxygen atoms in total. The lowest BCUT2D eigenvalue weighted by atomic mass is 10.0. The molecule has 0 spiro atoms. The van der Waals surface area contributed by atoms with Gasteiger partial charge in [0.1, 0.15) is 5.82 Å². The van der Waals surface area contributed by atoms with Gasteiger partial charge in [-0.05, 0) is 60.7 Å². The summed E-state index contributed by atoms with van der Waals surface area (Å²) in [4.78, 5) is 0. The molecule has 0 bridgehead atoms. The third-order valence-corrected chi connectivity index (χ3v) is 3.16. The van der Waals surface area contributed by atoms with Gasteiger partial charge in [-0.15, -0.1) is 0 Å². The molecule has 88 valence electrons. The summed E-state index contributed by atoms with van der Waals surface area (Å²) in [6, 6.07) is 5.10. The van der Waals surface area contributed by atoms with Crippen LogP contribution in [0, 0.1) is 9.39 Å². The predicted molar refractivity (Wildman–Crippen MR) is 75.0 cm³/mol. The SMILES string of the molecule is CCNC(C=C(C)C)c1ccc(F)cc1I. The Hall–Kier alpha value is -0.420. The van der Waals surface area contributed by atoms with E-state index in [0.717, 1.165) is 15.7 Å². The number of benzene rings is 1. The van der Waals surface area contributed by atoms with Crippen molar-refractivity contribution in [3.63, 3.8) is 0 Å². The zero-order chi connectivity index (χ0) is 12.1. The van der Waals surface area contributed by atoms with Crippen LogP contribution in [0.4, 0.5) is 4.39 Å². The molecule has 1 aromatic rings. The molecule has 1 atom stereocenters. The van der Waals surface area contributed by atoms with Gasteiger partial charge in [0, 0.05) is 3.57 Å². The van der Waals surface area contributed by atoms with Crippen LogP contribution in [-0.2, 0) is 0 Å². The van der Waals surface area contributed by atoms with E-state index in [-0.39, 0.29) is 11.9 Å². The minimum Gasteiger partial charge on any atom is -0.307 e. The molecular weight excluding hydrogens is 316 g/mol. The zero-order valence-corrected chi connectivity index (χ0v) is 12.0. The van der Waals surface area contributed by atoms with Crippen molar-refractivity contribution in [1.29, 1.82) is 0 Å². The minimum atomic E-state index is -0.180. The van der Waals surface area contributed by atoms with Gasteiger partial charge in [-0.1, -0.05) is 24.6 Å². The lowest BCUT2D eigenvalue weighted by Crippen LogP contribution is -2.20. The van der Waals surface area contributed by atoms with E-state index in [4.69, 9.17) is 0 Å². The van der Waals surface area contributed by atoms with E-state index in [0.29, 0.717) is 0 Å². The van der Waals surface area contributed by atoms with Gasteiger partial charge >= 0.3 is 0 Å². The van der Waals surface area contributed by atoms with Crippen LogP contribution in [0.3, 0.4) is 0 Å². The van der Waals surface area contributed by atoms with Crippen molar-refractivity contribution in [3.8, 4) is 0 Å². The van der Waals surface area contributed by atoms with Crippen LogP contribution in [-0.4, -0.2) is 6.54 Å². The molecule has 0 radical (unpaired) electrons. The van der Waals surface area contributed by atoms with Gasteiger partial charge in [0.25, 0.3) is 0 Å². The normalized spacial score (nSPS) is 12.3. The second kappa shape index (κ2) is 6.35. The van der Waals surface area contributed by atoms with Crippen LogP contribution in [0.2, 0.25) is 0 Å². The van der Waals surface area contributed by atoms with Crippen LogP contribution in [0.25, 0.3) is 0 Å². The van der Waals surface area contributed by atoms with Gasteiger partial charge < -0.3 is 5.32 Å². The highest BCUT2D eigenvalue weighted by Gasteiger charge is 2.11. The van der Waals surface area contributed by atoms with Gasteiger partial charge in [0.15, 0.2) is 0 Å². The van der Waals surface area contributed by atoms with Gasteiger partial charge in [-0.25, -0.2) is 4.39 Å². The summed E-state index contributed by atoms with van der Waals surface area (Å²) >= 11 is 2.18. The van der Waals surface area contributed by atoms with Crippen molar-refractivity contribution in [2.75, 3.05) is 6.54 Å². The Labute approximate surface area is 110 Å². The minimum absolute atomic E-state index is 0.169. The molecule has 3 heteroatoms. The number of likely N-dealkylation sites (N-methyl/N-ethyl adjacent to an activating group) is 1. The summed E-state index contributed by atoms with van der Waals surface area (Å²) in [5.41, 5.74) is 2.39. The molecule has 0 aliphatic rings. The van der Waals surface area contributed by atoms with E-state index in [9.17, 15) is 4.39 Å². The third kappa shape index (κ3) is 3.87. The first kappa shape index (κ1) is 13.6. The first-order valence-corrected chi connectivity index (χ1v) is 6.45. The summed E-state index contributed by atoms with van der Waals surface area (Å²) in [5.74, 6) is -0.180. The summed E-state index contributed by atoms with van der Waals surface area (Å²) in [7, 11) is 0. The molecule has 0 saturated heterocycles. The highest BCUT2D eigenvalue weighted by atomic mass is 127. The van der Waals surface area contributed by atoms with Crippen molar-refractivity contribution in [2.45, 2.75) is 26.8 Å². The van der Waals surface area contributed by atoms with Crippen molar-refractivity contribution in [2.24, 2.45) is 0 Å². The molecule has 0 heterocycles. The van der Waals surface area contributed by atoms with Crippen molar-refractivity contribution in [3.05, 3.63) is 44.8 Å². The molecule has 1 rings (SSSR count). The van der Waals surface area contributed by atoms with Crippen LogP contribution in [0.15, 0.2) is 29.8 Å². The maximum Gasteiger partial charge on any atom is 0.124 e. The molecule has 0 aromatic heterocycles. The number of hydrogen-bond donors (Lipinski definition) is 1. The maximum absolute atomic E-state index is 13.0. The van der Waals surface area contributed by atoms with E-state index in [1.165, 1.54) is 11.6 Å². The molecule has 1 aromatic carbocycles. The lowest BCUT2D eigenvalue weighted by molar-refractivity contribution is 0.616. The Morgan fingerprint density at radius 3 is 2.69 bits per heavy atom. The largest absolute Gasteiger partial charge is 0.307 e. The Kier molecular flexibility index (Phi) is 5.41. The second-order valence-corrected chi connectivity index (χ2v) is 5.11. The third-order valence-electron chi connectivity index (χ3n) is 2.22. The molecule has 0 saturated carbocycles. The fraction of sp³-hybridized carbons (Fsp3) is 0.385. The fourth-order valence-corrected chi connectivity index (χ4v) is 2.38. The number of allylic oxidation sites excluding steroid dienone is 1. The molecule has 0 fully saturated rings. The van der Waals surface area contributed by atoms with Crippen molar-refractivity contribution < 1.29 is 4.39 Å². The van der Waals surface area contributed by atoms with Crippen LogP contribution >= 0.6 is 22.6 Å². The monoisotopic (exact) mass is 333 g/mol. The number of rotatable bonds is 4. The van der Waals surface area contributed by atoms with E-state index < -0.39 is 0 Å². The molecule has 0 aliphatic carbocycles. The summed E-state index contributed by atoms with van der Waals surface area (Å²) in [6.45, 7) is 7.10. The van der Waals surface area contributed by atoms with Crippen LogP contribution in [0.1, 0.15) is 32.4 Å². The standard InChI is InChI=1S/C13H17FIN/c1-4-16-13(7-9(2)3)11-6-5-10(14)8-12(11)15/h5-8,13,16H,4H2,1-3H3. The molecule has 0 amide bonds. The first-order chi connectivity index (χ1) is 7.54. The average molecular weight is 333 g/mol. The topological polar surface area (TPSA) is 12.0 Å². The lowest BCUT2D eigenvalue weighted by Gasteiger charge is -2.16. The average Bonchev–Trinajstić information content (AvgIpc) is 2.16. The van der Waals surface area contributed by atoms with Gasteiger partial charge in [0.2, 0.25) is 0 Å². The van der Waals surface area contributed by atoms with Gasteiger partial charge in [-0.2, -0.15) is 0 Å². The highest BCUT2D eigenvalue weighted by molar-refractivity contribution is 14.1. The Morgan fingerprint density at radius 2 is 2.19 bits per heavy atom. The molecular formula is C13H17FIN. The summed E-state index contributed by atoms with van der Waals surface area (Å²) in [5, 5.41) is 3.39.